The zero-order valence-corrected chi connectivity index (χ0v) is 14.4. The summed E-state index contributed by atoms with van der Waals surface area (Å²) in [6.45, 7) is 6.06. The van der Waals surface area contributed by atoms with Gasteiger partial charge in [-0.05, 0) is 27.1 Å². The van der Waals surface area contributed by atoms with Crippen molar-refractivity contribution >= 4 is 0 Å². The van der Waals surface area contributed by atoms with E-state index in [-0.39, 0.29) is 12.1 Å². The molecule has 1 heterocycles. The van der Waals surface area contributed by atoms with E-state index in [1.807, 2.05) is 11.7 Å². The minimum atomic E-state index is 0.0367. The molecular formula is C15H30N4O2. The molecule has 0 amide bonds. The predicted octanol–water partition coefficient (Wildman–Crippen LogP) is 1.38. The van der Waals surface area contributed by atoms with E-state index in [4.69, 9.17) is 9.47 Å². The summed E-state index contributed by atoms with van der Waals surface area (Å²) in [7, 11) is 9.49. The number of ether oxygens (including phenoxy) is 2. The fraction of sp³-hybridized carbons (Fsp3) is 0.800. The van der Waals surface area contributed by atoms with E-state index in [0.29, 0.717) is 5.92 Å². The van der Waals surface area contributed by atoms with Crippen LogP contribution in [0.3, 0.4) is 0 Å². The molecule has 122 valence electrons. The Balaban J connectivity index is 3.13. The van der Waals surface area contributed by atoms with E-state index in [1.165, 1.54) is 0 Å². The molecule has 2 unspecified atom stereocenters. The monoisotopic (exact) mass is 298 g/mol. The average Bonchev–Trinajstić information content (AvgIpc) is 2.84. The number of nitrogens with zero attached hydrogens (tertiary/aromatic N) is 3. The highest BCUT2D eigenvalue weighted by Gasteiger charge is 2.30. The molecule has 0 saturated carbocycles. The van der Waals surface area contributed by atoms with Crippen molar-refractivity contribution in [2.75, 3.05) is 41.9 Å². The van der Waals surface area contributed by atoms with Gasteiger partial charge >= 0.3 is 0 Å². The standard InChI is InChI=1S/C15H30N4O2/c1-11(2)15(21-7)13(16-3)14-12(20-6)10-17-19(14)9-8-18(4)5/h10-11,13,15-16H,8-9H2,1-7H3. The third-order valence-corrected chi connectivity index (χ3v) is 3.69. The number of hydrogen-bond donors (Lipinski definition) is 1. The highest BCUT2D eigenvalue weighted by atomic mass is 16.5. The Morgan fingerprint density at radius 3 is 2.43 bits per heavy atom. The van der Waals surface area contributed by atoms with Crippen LogP contribution in [0.1, 0.15) is 25.6 Å². The van der Waals surface area contributed by atoms with Gasteiger partial charge in [0.25, 0.3) is 0 Å². The number of rotatable bonds is 9. The Hall–Kier alpha value is -1.11. The molecule has 0 aliphatic carbocycles. The molecule has 21 heavy (non-hydrogen) atoms. The third kappa shape index (κ3) is 4.43. The van der Waals surface area contributed by atoms with Crippen LogP contribution in [0.25, 0.3) is 0 Å². The quantitative estimate of drug-likeness (QED) is 0.746. The average molecular weight is 298 g/mol. The Bertz CT molecular complexity index is 418. The molecule has 1 aromatic rings. The molecule has 1 aromatic heterocycles. The zero-order chi connectivity index (χ0) is 16.0. The fourth-order valence-corrected chi connectivity index (χ4v) is 2.57. The summed E-state index contributed by atoms with van der Waals surface area (Å²) in [6.07, 6.45) is 1.83. The largest absolute Gasteiger partial charge is 0.493 e. The lowest BCUT2D eigenvalue weighted by Crippen LogP contribution is -2.37. The van der Waals surface area contributed by atoms with Crippen molar-refractivity contribution in [1.82, 2.24) is 20.0 Å². The second-order valence-corrected chi connectivity index (χ2v) is 5.84. The van der Waals surface area contributed by atoms with Crippen molar-refractivity contribution < 1.29 is 9.47 Å². The van der Waals surface area contributed by atoms with Crippen molar-refractivity contribution in [3.05, 3.63) is 11.9 Å². The smallest absolute Gasteiger partial charge is 0.161 e. The van der Waals surface area contributed by atoms with Gasteiger partial charge in [0.1, 0.15) is 0 Å². The van der Waals surface area contributed by atoms with Gasteiger partial charge in [-0.3, -0.25) is 4.68 Å². The van der Waals surface area contributed by atoms with Gasteiger partial charge in [-0.2, -0.15) is 5.10 Å². The molecule has 0 aliphatic heterocycles. The molecule has 0 radical (unpaired) electrons. The molecule has 6 nitrogen and oxygen atoms in total. The van der Waals surface area contributed by atoms with Gasteiger partial charge in [-0.1, -0.05) is 13.8 Å². The lowest BCUT2D eigenvalue weighted by Gasteiger charge is -2.30. The van der Waals surface area contributed by atoms with Crippen molar-refractivity contribution in [2.24, 2.45) is 5.92 Å². The summed E-state index contributed by atoms with van der Waals surface area (Å²) < 4.78 is 13.2. The number of methoxy groups -OCH3 is 2. The van der Waals surface area contributed by atoms with Gasteiger partial charge in [0.2, 0.25) is 0 Å². The molecule has 1 rings (SSSR count). The van der Waals surface area contributed by atoms with E-state index in [2.05, 4.69) is 43.3 Å². The van der Waals surface area contributed by atoms with Crippen molar-refractivity contribution in [3.8, 4) is 5.75 Å². The first-order valence-corrected chi connectivity index (χ1v) is 7.40. The van der Waals surface area contributed by atoms with Crippen molar-refractivity contribution in [2.45, 2.75) is 32.5 Å². The van der Waals surface area contributed by atoms with Crippen LogP contribution in [-0.2, 0) is 11.3 Å². The van der Waals surface area contributed by atoms with Crippen molar-refractivity contribution in [1.29, 1.82) is 0 Å². The number of hydrogen-bond acceptors (Lipinski definition) is 5. The van der Waals surface area contributed by atoms with Crippen LogP contribution in [-0.4, -0.2) is 62.7 Å². The van der Waals surface area contributed by atoms with Gasteiger partial charge in [-0.15, -0.1) is 0 Å². The van der Waals surface area contributed by atoms with E-state index >= 15 is 0 Å². The number of likely N-dealkylation sites (N-methyl/N-ethyl adjacent to an activating group) is 2. The van der Waals surface area contributed by atoms with Crippen LogP contribution in [0, 0.1) is 5.92 Å². The van der Waals surface area contributed by atoms with Crippen LogP contribution in [0.2, 0.25) is 0 Å². The summed E-state index contributed by atoms with van der Waals surface area (Å²) >= 11 is 0. The summed E-state index contributed by atoms with van der Waals surface area (Å²) in [5.41, 5.74) is 1.04. The molecule has 1 N–H and O–H groups in total. The van der Waals surface area contributed by atoms with E-state index in [1.54, 1.807) is 20.4 Å². The molecule has 2 atom stereocenters. The minimum absolute atomic E-state index is 0.0367. The van der Waals surface area contributed by atoms with Gasteiger partial charge in [0.15, 0.2) is 5.75 Å². The lowest BCUT2D eigenvalue weighted by atomic mass is 9.96. The second-order valence-electron chi connectivity index (χ2n) is 5.84. The molecule has 0 fully saturated rings. The highest BCUT2D eigenvalue weighted by molar-refractivity contribution is 5.29. The van der Waals surface area contributed by atoms with Gasteiger partial charge in [-0.25, -0.2) is 0 Å². The number of aromatic nitrogens is 2. The molecule has 0 saturated heterocycles. The maximum absolute atomic E-state index is 5.70. The zero-order valence-electron chi connectivity index (χ0n) is 14.4. The van der Waals surface area contributed by atoms with Crippen LogP contribution < -0.4 is 10.1 Å². The molecule has 0 bridgehead atoms. The molecule has 6 heteroatoms. The molecule has 0 aliphatic rings. The third-order valence-electron chi connectivity index (χ3n) is 3.69. The lowest BCUT2D eigenvalue weighted by molar-refractivity contribution is 0.0315. The Labute approximate surface area is 128 Å². The first-order chi connectivity index (χ1) is 9.96. The summed E-state index contributed by atoms with van der Waals surface area (Å²) in [6, 6.07) is 0.0367. The van der Waals surface area contributed by atoms with E-state index in [9.17, 15) is 0 Å². The summed E-state index contributed by atoms with van der Waals surface area (Å²) in [5, 5.41) is 7.83. The van der Waals surface area contributed by atoms with Gasteiger partial charge in [0.05, 0.1) is 37.7 Å². The second kappa shape index (κ2) is 8.36. The van der Waals surface area contributed by atoms with E-state index in [0.717, 1.165) is 24.5 Å². The Morgan fingerprint density at radius 1 is 1.33 bits per heavy atom. The van der Waals surface area contributed by atoms with Crippen LogP contribution in [0.5, 0.6) is 5.75 Å². The van der Waals surface area contributed by atoms with Gasteiger partial charge < -0.3 is 19.7 Å². The molecular weight excluding hydrogens is 268 g/mol. The van der Waals surface area contributed by atoms with Crippen LogP contribution >= 0.6 is 0 Å². The molecule has 0 spiro atoms. The fourth-order valence-electron chi connectivity index (χ4n) is 2.57. The maximum Gasteiger partial charge on any atom is 0.161 e. The summed E-state index contributed by atoms with van der Waals surface area (Å²) in [4.78, 5) is 2.14. The topological polar surface area (TPSA) is 51.5 Å². The predicted molar refractivity (Wildman–Crippen MR) is 84.8 cm³/mol. The number of nitrogens with one attached hydrogen (secondary N) is 1. The van der Waals surface area contributed by atoms with Crippen LogP contribution in [0.4, 0.5) is 0 Å². The first kappa shape index (κ1) is 17.9. The van der Waals surface area contributed by atoms with E-state index < -0.39 is 0 Å². The Morgan fingerprint density at radius 2 is 2.00 bits per heavy atom. The highest BCUT2D eigenvalue weighted by Crippen LogP contribution is 2.31. The normalized spacial score (nSPS) is 14.7. The first-order valence-electron chi connectivity index (χ1n) is 7.40. The maximum atomic E-state index is 5.70. The van der Waals surface area contributed by atoms with Crippen molar-refractivity contribution in [3.63, 3.8) is 0 Å². The molecule has 0 aromatic carbocycles. The van der Waals surface area contributed by atoms with Gasteiger partial charge in [0, 0.05) is 13.7 Å². The SMILES string of the molecule is CNC(c1c(OC)cnn1CCN(C)C)C(OC)C(C)C. The Kier molecular flexibility index (Phi) is 7.14. The van der Waals surface area contributed by atoms with Crippen LogP contribution in [0.15, 0.2) is 6.20 Å². The minimum Gasteiger partial charge on any atom is -0.493 e. The summed E-state index contributed by atoms with van der Waals surface area (Å²) in [5.74, 6) is 1.19.